The minimum absolute atomic E-state index is 0.232. The fourth-order valence-electron chi connectivity index (χ4n) is 3.82. The number of furan rings is 1. The van der Waals surface area contributed by atoms with Gasteiger partial charge in [-0.25, -0.2) is 4.99 Å². The van der Waals surface area contributed by atoms with E-state index in [4.69, 9.17) is 9.15 Å². The molecule has 2 heterocycles. The number of methoxy groups -OCH3 is 1. The number of hydrogen-bond acceptors (Lipinski definition) is 5. The van der Waals surface area contributed by atoms with E-state index in [2.05, 4.69) is 32.7 Å². The zero-order valence-electron chi connectivity index (χ0n) is 18.9. The Kier molecular flexibility index (Phi) is 8.37. The van der Waals surface area contributed by atoms with Crippen LogP contribution in [-0.4, -0.2) is 55.8 Å². The van der Waals surface area contributed by atoms with Gasteiger partial charge in [0.2, 0.25) is 0 Å². The molecule has 3 rings (SSSR count). The van der Waals surface area contributed by atoms with Crippen molar-refractivity contribution in [2.45, 2.75) is 38.8 Å². The zero-order valence-corrected chi connectivity index (χ0v) is 18.9. The Morgan fingerprint density at radius 1 is 1.23 bits per heavy atom. The average molecular weight is 429 g/mol. The third-order valence-electron chi connectivity index (χ3n) is 5.77. The van der Waals surface area contributed by atoms with E-state index in [-0.39, 0.29) is 6.54 Å². The number of ether oxygens (including phenoxy) is 1. The Balaban J connectivity index is 1.44. The summed E-state index contributed by atoms with van der Waals surface area (Å²) in [4.78, 5) is 7.09. The molecule has 170 valence electrons. The van der Waals surface area contributed by atoms with Gasteiger partial charge in [0, 0.05) is 19.6 Å². The average Bonchev–Trinajstić information content (AvgIpc) is 3.33. The van der Waals surface area contributed by atoms with Crippen LogP contribution in [0.15, 0.2) is 52.1 Å². The molecule has 1 aromatic carbocycles. The number of nitrogens with zero attached hydrogens (tertiary/aromatic N) is 2. The van der Waals surface area contributed by atoms with Gasteiger partial charge in [0.15, 0.2) is 5.96 Å². The number of rotatable bonds is 9. The summed E-state index contributed by atoms with van der Waals surface area (Å²) in [6, 6.07) is 11.9. The Labute approximate surface area is 185 Å². The van der Waals surface area contributed by atoms with E-state index in [1.54, 1.807) is 32.4 Å². The summed E-state index contributed by atoms with van der Waals surface area (Å²) >= 11 is 0. The molecule has 1 fully saturated rings. The maximum Gasteiger partial charge on any atom is 0.191 e. The molecule has 1 aliphatic heterocycles. The fraction of sp³-hybridized carbons (Fsp3) is 0.542. The monoisotopic (exact) mass is 428 g/mol. The van der Waals surface area contributed by atoms with Crippen LogP contribution in [0, 0.1) is 5.92 Å². The first kappa shape index (κ1) is 23.2. The molecule has 31 heavy (non-hydrogen) atoms. The lowest BCUT2D eigenvalue weighted by Gasteiger charge is -2.32. The van der Waals surface area contributed by atoms with Gasteiger partial charge in [0.05, 0.1) is 19.9 Å². The van der Waals surface area contributed by atoms with Crippen molar-refractivity contribution in [2.75, 3.05) is 39.8 Å². The van der Waals surface area contributed by atoms with Crippen molar-refractivity contribution < 1.29 is 14.3 Å². The summed E-state index contributed by atoms with van der Waals surface area (Å²) in [5.41, 5.74) is 0.195. The second-order valence-corrected chi connectivity index (χ2v) is 8.39. The molecule has 3 N–H and O–H groups in total. The Morgan fingerprint density at radius 2 is 1.97 bits per heavy atom. The van der Waals surface area contributed by atoms with Crippen LogP contribution in [0.3, 0.4) is 0 Å². The van der Waals surface area contributed by atoms with Crippen LogP contribution in [0.1, 0.15) is 38.0 Å². The molecule has 0 bridgehead atoms. The number of piperidine rings is 1. The highest BCUT2D eigenvalue weighted by molar-refractivity contribution is 5.79. The number of guanidine groups is 1. The van der Waals surface area contributed by atoms with Gasteiger partial charge in [-0.2, -0.15) is 0 Å². The third kappa shape index (κ3) is 7.01. The van der Waals surface area contributed by atoms with Crippen LogP contribution in [0.4, 0.5) is 0 Å². The van der Waals surface area contributed by atoms with Gasteiger partial charge in [-0.05, 0) is 75.5 Å². The van der Waals surface area contributed by atoms with Crippen LogP contribution in [0.5, 0.6) is 5.75 Å². The molecule has 0 aliphatic carbocycles. The smallest absolute Gasteiger partial charge is 0.191 e. The maximum absolute atomic E-state index is 10.6. The summed E-state index contributed by atoms with van der Waals surface area (Å²) in [5.74, 6) is 2.77. The maximum atomic E-state index is 10.6. The standard InChI is InChI=1S/C24H36N4O3/c1-4-25-23(27-18-24(2,29)22-6-5-15-31-22)26-16-19-11-13-28(14-12-19)17-20-7-9-21(30-3)10-8-20/h5-10,15,19,29H,4,11-14,16-18H2,1-3H3,(H2,25,26,27). The number of aliphatic hydroxyl groups is 1. The lowest BCUT2D eigenvalue weighted by molar-refractivity contribution is 0.0437. The number of nitrogens with one attached hydrogen (secondary N) is 2. The summed E-state index contributed by atoms with van der Waals surface area (Å²) in [5, 5.41) is 17.3. The van der Waals surface area contributed by atoms with Crippen LogP contribution < -0.4 is 15.4 Å². The predicted octanol–water partition coefficient (Wildman–Crippen LogP) is 2.96. The molecule has 0 radical (unpaired) electrons. The fourth-order valence-corrected chi connectivity index (χ4v) is 3.82. The lowest BCUT2D eigenvalue weighted by Crippen LogP contribution is -2.43. The van der Waals surface area contributed by atoms with Crippen molar-refractivity contribution >= 4 is 5.96 Å². The van der Waals surface area contributed by atoms with Gasteiger partial charge in [-0.3, -0.25) is 4.90 Å². The Hall–Kier alpha value is -2.51. The van der Waals surface area contributed by atoms with E-state index in [1.165, 1.54) is 5.56 Å². The van der Waals surface area contributed by atoms with Crippen molar-refractivity contribution in [1.29, 1.82) is 0 Å². The first-order valence-electron chi connectivity index (χ1n) is 11.1. The highest BCUT2D eigenvalue weighted by atomic mass is 16.5. The summed E-state index contributed by atoms with van der Waals surface area (Å²) in [7, 11) is 1.70. The molecule has 7 nitrogen and oxygen atoms in total. The zero-order chi connectivity index (χ0) is 22.1. The molecule has 1 aromatic heterocycles. The van der Waals surface area contributed by atoms with Crippen LogP contribution in [0.25, 0.3) is 0 Å². The van der Waals surface area contributed by atoms with Gasteiger partial charge >= 0.3 is 0 Å². The SMILES string of the molecule is CCNC(=NCC(C)(O)c1ccco1)NCC1CCN(Cc2ccc(OC)cc2)CC1. The van der Waals surface area contributed by atoms with Gasteiger partial charge in [0.25, 0.3) is 0 Å². The molecule has 0 amide bonds. The number of likely N-dealkylation sites (tertiary alicyclic amines) is 1. The molecule has 2 aromatic rings. The predicted molar refractivity (Wildman–Crippen MR) is 123 cm³/mol. The lowest BCUT2D eigenvalue weighted by atomic mass is 9.96. The van der Waals surface area contributed by atoms with Crippen molar-refractivity contribution in [3.8, 4) is 5.75 Å². The summed E-state index contributed by atoms with van der Waals surface area (Å²) < 4.78 is 10.6. The molecular formula is C24H36N4O3. The van der Waals surface area contributed by atoms with Gasteiger partial charge < -0.3 is 24.9 Å². The highest BCUT2D eigenvalue weighted by Crippen LogP contribution is 2.22. The molecule has 1 unspecified atom stereocenters. The summed E-state index contributed by atoms with van der Waals surface area (Å²) in [6.07, 6.45) is 3.89. The normalized spacial score (nSPS) is 17.9. The Morgan fingerprint density at radius 3 is 2.58 bits per heavy atom. The van der Waals surface area contributed by atoms with E-state index in [1.807, 2.05) is 19.1 Å². The largest absolute Gasteiger partial charge is 0.497 e. The molecule has 7 heteroatoms. The van der Waals surface area contributed by atoms with Crippen LogP contribution in [-0.2, 0) is 12.1 Å². The molecule has 1 aliphatic rings. The second-order valence-electron chi connectivity index (χ2n) is 8.39. The van der Waals surface area contributed by atoms with E-state index >= 15 is 0 Å². The number of hydrogen-bond donors (Lipinski definition) is 3. The highest BCUT2D eigenvalue weighted by Gasteiger charge is 2.26. The minimum atomic E-state index is -1.13. The number of benzene rings is 1. The van der Waals surface area contributed by atoms with E-state index in [0.717, 1.165) is 57.3 Å². The third-order valence-corrected chi connectivity index (χ3v) is 5.77. The van der Waals surface area contributed by atoms with E-state index in [0.29, 0.717) is 11.7 Å². The quantitative estimate of drug-likeness (QED) is 0.421. The molecule has 1 atom stereocenters. The van der Waals surface area contributed by atoms with Crippen molar-refractivity contribution in [3.63, 3.8) is 0 Å². The molecular weight excluding hydrogens is 392 g/mol. The molecule has 0 saturated carbocycles. The van der Waals surface area contributed by atoms with Crippen LogP contribution in [0.2, 0.25) is 0 Å². The van der Waals surface area contributed by atoms with E-state index < -0.39 is 5.60 Å². The van der Waals surface area contributed by atoms with Crippen molar-refractivity contribution in [3.05, 3.63) is 54.0 Å². The van der Waals surface area contributed by atoms with Gasteiger partial charge in [0.1, 0.15) is 17.1 Å². The summed E-state index contributed by atoms with van der Waals surface area (Å²) in [6.45, 7) is 8.82. The van der Waals surface area contributed by atoms with Gasteiger partial charge in [-0.15, -0.1) is 0 Å². The number of aliphatic imine (C=N–C) groups is 1. The van der Waals surface area contributed by atoms with Crippen molar-refractivity contribution in [1.82, 2.24) is 15.5 Å². The van der Waals surface area contributed by atoms with Crippen LogP contribution >= 0.6 is 0 Å². The Bertz CT molecular complexity index is 795. The molecule has 1 saturated heterocycles. The first-order valence-corrected chi connectivity index (χ1v) is 11.1. The minimum Gasteiger partial charge on any atom is -0.497 e. The first-order chi connectivity index (χ1) is 15.0. The molecule has 0 spiro atoms. The second kappa shape index (κ2) is 11.2. The topological polar surface area (TPSA) is 82.3 Å². The van der Waals surface area contributed by atoms with Gasteiger partial charge in [-0.1, -0.05) is 12.1 Å². The van der Waals surface area contributed by atoms with E-state index in [9.17, 15) is 5.11 Å². The van der Waals surface area contributed by atoms with Crippen molar-refractivity contribution in [2.24, 2.45) is 10.9 Å².